The van der Waals surface area contributed by atoms with Crippen LogP contribution in [0.3, 0.4) is 0 Å². The maximum Gasteiger partial charge on any atom is 0.313 e. The third-order valence-corrected chi connectivity index (χ3v) is 4.61. The largest absolute Gasteiger partial charge is 0.396 e. The van der Waals surface area contributed by atoms with Crippen molar-refractivity contribution < 1.29 is 19.5 Å². The second-order valence-electron chi connectivity index (χ2n) is 6.49. The first-order valence-electron chi connectivity index (χ1n) is 8.13. The van der Waals surface area contributed by atoms with Crippen molar-refractivity contribution in [2.75, 3.05) is 29.9 Å². The lowest BCUT2D eigenvalue weighted by molar-refractivity contribution is -0.136. The molecule has 0 aromatic heterocycles. The summed E-state index contributed by atoms with van der Waals surface area (Å²) in [6.07, 6.45) is 3.07. The molecule has 1 aliphatic heterocycles. The highest BCUT2D eigenvalue weighted by Crippen LogP contribution is 2.44. The predicted molar refractivity (Wildman–Crippen MR) is 88.4 cm³/mol. The van der Waals surface area contributed by atoms with E-state index in [-0.39, 0.29) is 17.9 Å². The van der Waals surface area contributed by atoms with Crippen LogP contribution in [0.2, 0.25) is 0 Å². The van der Waals surface area contributed by atoms with E-state index in [1.807, 2.05) is 0 Å². The Kier molecular flexibility index (Phi) is 4.53. The Morgan fingerprint density at radius 2 is 2.04 bits per heavy atom. The predicted octanol–water partition coefficient (Wildman–Crippen LogP) is 0.641. The van der Waals surface area contributed by atoms with Crippen LogP contribution in [0.25, 0.3) is 0 Å². The number of benzene rings is 1. The van der Waals surface area contributed by atoms with E-state index < -0.39 is 11.8 Å². The summed E-state index contributed by atoms with van der Waals surface area (Å²) in [7, 11) is 0. The molecule has 128 valence electrons. The van der Waals surface area contributed by atoms with Crippen LogP contribution >= 0.6 is 0 Å². The summed E-state index contributed by atoms with van der Waals surface area (Å²) in [5, 5.41) is 14.3. The third-order valence-electron chi connectivity index (χ3n) is 4.61. The van der Waals surface area contributed by atoms with Crippen molar-refractivity contribution in [2.24, 2.45) is 5.41 Å². The third kappa shape index (κ3) is 3.56. The molecule has 24 heavy (non-hydrogen) atoms. The lowest BCUT2D eigenvalue weighted by Crippen LogP contribution is -2.39. The first-order valence-corrected chi connectivity index (χ1v) is 8.13. The molecule has 1 saturated carbocycles. The summed E-state index contributed by atoms with van der Waals surface area (Å²) in [4.78, 5) is 37.3. The fourth-order valence-corrected chi connectivity index (χ4v) is 2.78. The molecule has 2 fully saturated rings. The molecule has 0 atom stereocenters. The zero-order valence-electron chi connectivity index (χ0n) is 13.4. The lowest BCUT2D eigenvalue weighted by Gasteiger charge is -2.17. The number of carbonyl (C=O) groups is 3. The molecule has 1 saturated heterocycles. The van der Waals surface area contributed by atoms with Gasteiger partial charge in [-0.1, -0.05) is 6.07 Å². The van der Waals surface area contributed by atoms with Crippen LogP contribution in [0.1, 0.15) is 25.7 Å². The van der Waals surface area contributed by atoms with E-state index in [1.165, 1.54) is 0 Å². The molecule has 1 aromatic rings. The van der Waals surface area contributed by atoms with Crippen LogP contribution in [-0.4, -0.2) is 42.5 Å². The van der Waals surface area contributed by atoms with Crippen LogP contribution in [0.15, 0.2) is 24.3 Å². The normalized spacial score (nSPS) is 18.4. The van der Waals surface area contributed by atoms with E-state index in [9.17, 15) is 19.5 Å². The van der Waals surface area contributed by atoms with Gasteiger partial charge in [-0.05, 0) is 37.5 Å². The Hall–Kier alpha value is -2.41. The van der Waals surface area contributed by atoms with Crippen LogP contribution < -0.4 is 15.5 Å². The minimum absolute atomic E-state index is 0.0147. The minimum Gasteiger partial charge on any atom is -0.396 e. The fraction of sp³-hybridized carbons (Fsp3) is 0.471. The number of nitrogens with zero attached hydrogens (tertiary/aromatic N) is 1. The Morgan fingerprint density at radius 1 is 1.25 bits per heavy atom. The number of nitrogens with one attached hydrogen (secondary N) is 2. The van der Waals surface area contributed by atoms with Gasteiger partial charge in [-0.2, -0.15) is 0 Å². The monoisotopic (exact) mass is 331 g/mol. The van der Waals surface area contributed by atoms with Gasteiger partial charge in [-0.15, -0.1) is 0 Å². The summed E-state index contributed by atoms with van der Waals surface area (Å²) in [6, 6.07) is 6.90. The number of carbonyl (C=O) groups excluding carboxylic acids is 3. The van der Waals surface area contributed by atoms with Crippen molar-refractivity contribution in [1.82, 2.24) is 5.32 Å². The van der Waals surface area contributed by atoms with Crippen LogP contribution in [0.5, 0.6) is 0 Å². The first-order chi connectivity index (χ1) is 11.5. The van der Waals surface area contributed by atoms with Gasteiger partial charge in [0.2, 0.25) is 5.91 Å². The number of hydrogen-bond acceptors (Lipinski definition) is 4. The quantitative estimate of drug-likeness (QED) is 0.690. The highest BCUT2D eigenvalue weighted by molar-refractivity contribution is 6.39. The summed E-state index contributed by atoms with van der Waals surface area (Å²) in [5.41, 5.74) is 0.940. The summed E-state index contributed by atoms with van der Waals surface area (Å²) in [6.45, 7) is 0.985. The van der Waals surface area contributed by atoms with E-state index in [2.05, 4.69) is 10.6 Å². The molecule has 0 bridgehead atoms. The average molecular weight is 331 g/mol. The zero-order chi connectivity index (χ0) is 17.2. The lowest BCUT2D eigenvalue weighted by atomic mass is 10.1. The maximum absolute atomic E-state index is 12.0. The number of anilines is 2. The van der Waals surface area contributed by atoms with Crippen LogP contribution in [-0.2, 0) is 14.4 Å². The van der Waals surface area contributed by atoms with Crippen LogP contribution in [0.4, 0.5) is 11.4 Å². The average Bonchev–Trinajstić information content (AvgIpc) is 3.25. The van der Waals surface area contributed by atoms with E-state index in [0.29, 0.717) is 30.9 Å². The molecule has 7 nitrogen and oxygen atoms in total. The number of rotatable bonds is 5. The van der Waals surface area contributed by atoms with Crippen molar-refractivity contribution in [2.45, 2.75) is 25.7 Å². The standard InChI is InChI=1S/C17H21N3O4/c21-11-17(6-7-17)10-18-15(23)16(24)19-12-3-1-4-13(9-12)20-8-2-5-14(20)22/h1,3-4,9,21H,2,5-8,10-11H2,(H,18,23)(H,19,24). The van der Waals surface area contributed by atoms with E-state index in [0.717, 1.165) is 19.3 Å². The smallest absolute Gasteiger partial charge is 0.313 e. The van der Waals surface area contributed by atoms with E-state index >= 15 is 0 Å². The van der Waals surface area contributed by atoms with Gasteiger partial charge in [0.05, 0.1) is 6.61 Å². The fourth-order valence-electron chi connectivity index (χ4n) is 2.78. The van der Waals surface area contributed by atoms with E-state index in [4.69, 9.17) is 0 Å². The van der Waals surface area contributed by atoms with Gasteiger partial charge in [0.1, 0.15) is 0 Å². The van der Waals surface area contributed by atoms with Gasteiger partial charge in [-0.25, -0.2) is 0 Å². The first kappa shape index (κ1) is 16.4. The summed E-state index contributed by atoms with van der Waals surface area (Å²) >= 11 is 0. The second-order valence-corrected chi connectivity index (χ2v) is 6.49. The molecule has 7 heteroatoms. The number of aliphatic hydroxyl groups excluding tert-OH is 1. The molecule has 1 aromatic carbocycles. The molecule has 2 aliphatic rings. The van der Waals surface area contributed by atoms with Gasteiger partial charge < -0.3 is 20.6 Å². The maximum atomic E-state index is 12.0. The van der Waals surface area contributed by atoms with Gasteiger partial charge in [0.25, 0.3) is 0 Å². The van der Waals surface area contributed by atoms with Gasteiger partial charge in [-0.3, -0.25) is 14.4 Å². The van der Waals surface area contributed by atoms with Crippen molar-refractivity contribution >= 4 is 29.1 Å². The zero-order valence-corrected chi connectivity index (χ0v) is 13.4. The van der Waals surface area contributed by atoms with Gasteiger partial charge in [0.15, 0.2) is 0 Å². The van der Waals surface area contributed by atoms with Gasteiger partial charge in [0, 0.05) is 36.3 Å². The van der Waals surface area contributed by atoms with Crippen LogP contribution in [0, 0.1) is 5.41 Å². The molecule has 3 amide bonds. The molecule has 0 unspecified atom stereocenters. The molecular formula is C17H21N3O4. The number of hydrogen-bond donors (Lipinski definition) is 3. The molecule has 3 rings (SSSR count). The van der Waals surface area contributed by atoms with Crippen molar-refractivity contribution in [3.8, 4) is 0 Å². The van der Waals surface area contributed by atoms with Crippen molar-refractivity contribution in [3.63, 3.8) is 0 Å². The van der Waals surface area contributed by atoms with Gasteiger partial charge >= 0.3 is 11.8 Å². The minimum atomic E-state index is -0.756. The highest BCUT2D eigenvalue weighted by Gasteiger charge is 2.42. The molecule has 0 spiro atoms. The molecular weight excluding hydrogens is 310 g/mol. The summed E-state index contributed by atoms with van der Waals surface area (Å²) < 4.78 is 0. The Morgan fingerprint density at radius 3 is 2.67 bits per heavy atom. The van der Waals surface area contributed by atoms with Crippen molar-refractivity contribution in [1.29, 1.82) is 0 Å². The SMILES string of the molecule is O=C(NCC1(CO)CC1)C(=O)Nc1cccc(N2CCCC2=O)c1. The number of aliphatic hydroxyl groups is 1. The Bertz CT molecular complexity index is 670. The summed E-state index contributed by atoms with van der Waals surface area (Å²) in [5.74, 6) is -1.42. The van der Waals surface area contributed by atoms with Crippen molar-refractivity contribution in [3.05, 3.63) is 24.3 Å². The molecule has 1 aliphatic carbocycles. The topological polar surface area (TPSA) is 98.7 Å². The highest BCUT2D eigenvalue weighted by atomic mass is 16.3. The second kappa shape index (κ2) is 6.60. The molecule has 0 radical (unpaired) electrons. The number of amides is 3. The molecule has 3 N–H and O–H groups in total. The molecule has 1 heterocycles. The Balaban J connectivity index is 1.58. The van der Waals surface area contributed by atoms with E-state index in [1.54, 1.807) is 29.2 Å². The Labute approximate surface area is 140 Å².